The van der Waals surface area contributed by atoms with Gasteiger partial charge in [0.2, 0.25) is 0 Å². The van der Waals surface area contributed by atoms with Gasteiger partial charge in [-0.1, -0.05) is 56.3 Å². The second kappa shape index (κ2) is 6.25. The lowest BCUT2D eigenvalue weighted by atomic mass is 9.95. The van der Waals surface area contributed by atoms with Crippen molar-refractivity contribution in [3.63, 3.8) is 0 Å². The minimum atomic E-state index is 0.106. The molecule has 0 aromatic heterocycles. The molecular formula is C19H23NS. The molecule has 0 radical (unpaired) electrons. The third kappa shape index (κ3) is 3.33. The molecule has 21 heavy (non-hydrogen) atoms. The number of rotatable bonds is 4. The third-order valence-electron chi connectivity index (χ3n) is 4.05. The molecule has 2 aromatic carbocycles. The highest BCUT2D eigenvalue weighted by Crippen LogP contribution is 2.41. The Morgan fingerprint density at radius 2 is 1.95 bits per heavy atom. The molecule has 0 aliphatic carbocycles. The van der Waals surface area contributed by atoms with Gasteiger partial charge in [0.1, 0.15) is 0 Å². The Morgan fingerprint density at radius 3 is 2.71 bits per heavy atom. The van der Waals surface area contributed by atoms with Gasteiger partial charge < -0.3 is 5.73 Å². The summed E-state index contributed by atoms with van der Waals surface area (Å²) in [7, 11) is 0. The van der Waals surface area contributed by atoms with Crippen molar-refractivity contribution < 1.29 is 0 Å². The first-order valence-electron chi connectivity index (χ1n) is 7.72. The van der Waals surface area contributed by atoms with Crippen LogP contribution in [0.4, 0.5) is 0 Å². The molecule has 1 aliphatic heterocycles. The summed E-state index contributed by atoms with van der Waals surface area (Å²) in [6.07, 6.45) is 2.20. The van der Waals surface area contributed by atoms with Crippen LogP contribution >= 0.6 is 11.8 Å². The van der Waals surface area contributed by atoms with Crippen molar-refractivity contribution in [1.29, 1.82) is 0 Å². The van der Waals surface area contributed by atoms with Gasteiger partial charge in [0, 0.05) is 16.2 Å². The highest BCUT2D eigenvalue weighted by atomic mass is 32.2. The molecule has 1 heterocycles. The van der Waals surface area contributed by atoms with Crippen molar-refractivity contribution in [2.75, 3.05) is 0 Å². The van der Waals surface area contributed by atoms with Crippen molar-refractivity contribution in [2.45, 2.75) is 42.9 Å². The van der Waals surface area contributed by atoms with Crippen LogP contribution in [0.5, 0.6) is 0 Å². The zero-order chi connectivity index (χ0) is 14.8. The van der Waals surface area contributed by atoms with E-state index in [1.54, 1.807) is 0 Å². The second-order valence-electron chi connectivity index (χ2n) is 6.34. The van der Waals surface area contributed by atoms with Gasteiger partial charge in [0.15, 0.2) is 0 Å². The maximum Gasteiger partial charge on any atom is 0.0422 e. The van der Waals surface area contributed by atoms with Crippen molar-refractivity contribution >= 4 is 11.8 Å². The van der Waals surface area contributed by atoms with Gasteiger partial charge in [0.25, 0.3) is 0 Å². The maximum atomic E-state index is 6.56. The second-order valence-corrected chi connectivity index (χ2v) is 7.62. The first-order chi connectivity index (χ1) is 10.1. The van der Waals surface area contributed by atoms with Gasteiger partial charge in [-0.3, -0.25) is 0 Å². The Balaban J connectivity index is 1.76. The van der Waals surface area contributed by atoms with Crippen LogP contribution in [0.25, 0.3) is 0 Å². The Labute approximate surface area is 132 Å². The molecule has 110 valence electrons. The fourth-order valence-corrected chi connectivity index (χ4v) is 4.38. The Hall–Kier alpha value is -1.25. The highest BCUT2D eigenvalue weighted by Gasteiger charge is 2.28. The van der Waals surface area contributed by atoms with Gasteiger partial charge >= 0.3 is 0 Å². The van der Waals surface area contributed by atoms with E-state index in [0.717, 1.165) is 12.8 Å². The van der Waals surface area contributed by atoms with E-state index in [0.29, 0.717) is 11.2 Å². The number of hydrogen-bond donors (Lipinski definition) is 1. The van der Waals surface area contributed by atoms with Crippen LogP contribution in [0.2, 0.25) is 0 Å². The van der Waals surface area contributed by atoms with Crippen LogP contribution in [0, 0.1) is 5.92 Å². The van der Waals surface area contributed by atoms with Gasteiger partial charge in [-0.25, -0.2) is 0 Å². The molecule has 0 bridgehead atoms. The number of benzene rings is 2. The number of fused-ring (bicyclic) bond motifs is 1. The molecule has 2 heteroatoms. The molecule has 0 amide bonds. The molecule has 3 rings (SSSR count). The molecule has 1 nitrogen and oxygen atoms in total. The smallest absolute Gasteiger partial charge is 0.0422 e. The quantitative estimate of drug-likeness (QED) is 0.892. The average molecular weight is 297 g/mol. The van der Waals surface area contributed by atoms with Crippen molar-refractivity contribution in [3.8, 4) is 0 Å². The van der Waals surface area contributed by atoms with Crippen LogP contribution in [0.15, 0.2) is 53.4 Å². The standard InChI is InChI=1S/C19H23NS/c1-13(2)10-14-6-5-8-16(11-14)19(20)18-12-15-7-3-4-9-17(15)21-18/h3-9,11,13,18-19H,10,12,20H2,1-2H3. The Kier molecular flexibility index (Phi) is 4.37. The predicted octanol–water partition coefficient (Wildman–Crippen LogP) is 4.60. The van der Waals surface area contributed by atoms with E-state index in [-0.39, 0.29) is 6.04 Å². The summed E-state index contributed by atoms with van der Waals surface area (Å²) in [5.41, 5.74) is 10.7. The molecule has 2 atom stereocenters. The minimum Gasteiger partial charge on any atom is -0.323 e. The summed E-state index contributed by atoms with van der Waals surface area (Å²) >= 11 is 1.93. The SMILES string of the molecule is CC(C)Cc1cccc(C(N)C2Cc3ccccc3S2)c1. The minimum absolute atomic E-state index is 0.106. The fourth-order valence-electron chi connectivity index (χ4n) is 3.02. The lowest BCUT2D eigenvalue weighted by Gasteiger charge is -2.19. The average Bonchev–Trinajstić information content (AvgIpc) is 2.90. The summed E-state index contributed by atoms with van der Waals surface area (Å²) in [6, 6.07) is 17.6. The lowest BCUT2D eigenvalue weighted by Crippen LogP contribution is -2.23. The number of nitrogens with two attached hydrogens (primary N) is 1. The topological polar surface area (TPSA) is 26.0 Å². The highest BCUT2D eigenvalue weighted by molar-refractivity contribution is 8.00. The summed E-state index contributed by atoms with van der Waals surface area (Å²) in [5.74, 6) is 0.682. The largest absolute Gasteiger partial charge is 0.323 e. The van der Waals surface area contributed by atoms with Crippen LogP contribution < -0.4 is 5.73 Å². The van der Waals surface area contributed by atoms with Crippen LogP contribution in [-0.4, -0.2) is 5.25 Å². The molecule has 2 N–H and O–H groups in total. The van der Waals surface area contributed by atoms with Crippen LogP contribution in [0.3, 0.4) is 0 Å². The van der Waals surface area contributed by atoms with Crippen molar-refractivity contribution in [1.82, 2.24) is 0 Å². The van der Waals surface area contributed by atoms with E-state index in [2.05, 4.69) is 62.4 Å². The van der Waals surface area contributed by atoms with E-state index in [4.69, 9.17) is 5.73 Å². The fraction of sp³-hybridized carbons (Fsp3) is 0.368. The lowest BCUT2D eigenvalue weighted by molar-refractivity contribution is 0.641. The molecule has 2 unspecified atom stereocenters. The van der Waals surface area contributed by atoms with Crippen LogP contribution in [0.1, 0.15) is 36.6 Å². The van der Waals surface area contributed by atoms with Crippen molar-refractivity contribution in [3.05, 3.63) is 65.2 Å². The molecule has 0 fully saturated rings. The van der Waals surface area contributed by atoms with E-state index in [1.165, 1.54) is 21.6 Å². The van der Waals surface area contributed by atoms with Crippen molar-refractivity contribution in [2.24, 2.45) is 11.7 Å². The third-order valence-corrected chi connectivity index (χ3v) is 5.47. The Bertz CT molecular complexity index is 595. The summed E-state index contributed by atoms with van der Waals surface area (Å²) in [4.78, 5) is 1.40. The molecular weight excluding hydrogens is 274 g/mol. The summed E-state index contributed by atoms with van der Waals surface area (Å²) in [6.45, 7) is 4.52. The van der Waals surface area contributed by atoms with Crippen LogP contribution in [-0.2, 0) is 12.8 Å². The van der Waals surface area contributed by atoms with E-state index in [1.807, 2.05) is 11.8 Å². The van der Waals surface area contributed by atoms with E-state index >= 15 is 0 Å². The normalized spacial score (nSPS) is 18.8. The first kappa shape index (κ1) is 14.7. The molecule has 1 aliphatic rings. The molecule has 0 saturated carbocycles. The molecule has 0 saturated heterocycles. The Morgan fingerprint density at radius 1 is 1.14 bits per heavy atom. The summed E-state index contributed by atoms with van der Waals surface area (Å²) in [5, 5.41) is 0.455. The molecule has 2 aromatic rings. The van der Waals surface area contributed by atoms with Gasteiger partial charge in [0.05, 0.1) is 0 Å². The number of hydrogen-bond acceptors (Lipinski definition) is 2. The number of thioether (sulfide) groups is 1. The monoisotopic (exact) mass is 297 g/mol. The molecule has 0 spiro atoms. The van der Waals surface area contributed by atoms with Gasteiger partial charge in [-0.2, -0.15) is 0 Å². The first-order valence-corrected chi connectivity index (χ1v) is 8.60. The van der Waals surface area contributed by atoms with E-state index < -0.39 is 0 Å². The van der Waals surface area contributed by atoms with E-state index in [9.17, 15) is 0 Å². The zero-order valence-corrected chi connectivity index (χ0v) is 13.6. The summed E-state index contributed by atoms with van der Waals surface area (Å²) < 4.78 is 0. The van der Waals surface area contributed by atoms with Gasteiger partial charge in [-0.15, -0.1) is 11.8 Å². The predicted molar refractivity (Wildman–Crippen MR) is 91.7 cm³/mol. The zero-order valence-electron chi connectivity index (χ0n) is 12.8. The van der Waals surface area contributed by atoms with Gasteiger partial charge in [-0.05, 0) is 41.5 Å². The maximum absolute atomic E-state index is 6.56.